The minimum Gasteiger partial charge on any atom is -0.444 e. The molecule has 4 heterocycles. The van der Waals surface area contributed by atoms with Gasteiger partial charge in [-0.3, -0.25) is 4.68 Å². The second kappa shape index (κ2) is 12.9. The Labute approximate surface area is 271 Å². The number of piperidine rings is 1. The highest BCUT2D eigenvalue weighted by atomic mass is 35.5. The summed E-state index contributed by atoms with van der Waals surface area (Å²) in [5.74, 6) is 0.439. The third kappa shape index (κ3) is 7.97. The van der Waals surface area contributed by atoms with Gasteiger partial charge >= 0.3 is 13.2 Å². The fourth-order valence-electron chi connectivity index (χ4n) is 5.97. The van der Waals surface area contributed by atoms with Crippen LogP contribution in [-0.2, 0) is 20.6 Å². The first kappa shape index (κ1) is 33.2. The van der Waals surface area contributed by atoms with Gasteiger partial charge in [-0.2, -0.15) is 5.10 Å². The van der Waals surface area contributed by atoms with E-state index in [2.05, 4.69) is 64.5 Å². The van der Waals surface area contributed by atoms with Crippen molar-refractivity contribution in [3.05, 3.63) is 59.1 Å². The Morgan fingerprint density at radius 2 is 2.00 bits per heavy atom. The van der Waals surface area contributed by atoms with Crippen molar-refractivity contribution in [1.29, 1.82) is 0 Å². The third-order valence-electron chi connectivity index (χ3n) is 8.96. The van der Waals surface area contributed by atoms with Crippen LogP contribution < -0.4 is 16.1 Å². The molecule has 45 heavy (non-hydrogen) atoms. The van der Waals surface area contributed by atoms with Crippen LogP contribution in [0.4, 0.5) is 16.4 Å². The minimum atomic E-state index is -0.541. The number of ether oxygens (including phenoxy) is 1. The zero-order valence-corrected chi connectivity index (χ0v) is 28.3. The molecule has 0 saturated carbocycles. The molecule has 2 fully saturated rings. The maximum atomic E-state index is 12.1. The number of benzene rings is 1. The Kier molecular flexibility index (Phi) is 9.51. The molecule has 242 valence electrons. The molecule has 0 radical (unpaired) electrons. The molecule has 2 aromatic heterocycles. The van der Waals surface area contributed by atoms with Gasteiger partial charge in [0.25, 0.3) is 0 Å². The van der Waals surface area contributed by atoms with Gasteiger partial charge in [0, 0.05) is 31.5 Å². The lowest BCUT2D eigenvalue weighted by Gasteiger charge is -2.44. The van der Waals surface area contributed by atoms with Crippen molar-refractivity contribution in [2.45, 2.75) is 103 Å². The number of aryl methyl sites for hydroxylation is 1. The van der Waals surface area contributed by atoms with E-state index < -0.39 is 30.0 Å². The van der Waals surface area contributed by atoms with E-state index in [1.807, 2.05) is 50.7 Å². The molecule has 0 spiro atoms. The number of halogens is 1. The van der Waals surface area contributed by atoms with Gasteiger partial charge in [0.15, 0.2) is 0 Å². The predicted molar refractivity (Wildman–Crippen MR) is 176 cm³/mol. The Bertz CT molecular complexity index is 1510. The quantitative estimate of drug-likeness (QED) is 0.247. The molecule has 11 nitrogen and oxygen atoms in total. The second-order valence-electron chi connectivity index (χ2n) is 13.9. The number of amides is 1. The van der Waals surface area contributed by atoms with Gasteiger partial charge in [-0.15, -0.1) is 0 Å². The van der Waals surface area contributed by atoms with Gasteiger partial charge in [-0.25, -0.2) is 14.8 Å². The topological polar surface area (TPSA) is 116 Å². The average Bonchev–Trinajstić information content (AvgIpc) is 3.49. The van der Waals surface area contributed by atoms with Crippen LogP contribution >= 0.6 is 11.6 Å². The SMILES string of the molecule is Cc1cc(B2OC(C)(C)C(C)(CC3CC(n4cc(Nc5nccc(Cl)n5)cn4)CCN3C)O2)ccc1CNC(=O)OC(C)(C)C. The molecule has 0 aliphatic carbocycles. The molecule has 5 rings (SSSR count). The Hall–Kier alpha value is -3.19. The number of likely N-dealkylation sites (tertiary alicyclic amines) is 1. The van der Waals surface area contributed by atoms with Crippen molar-refractivity contribution >= 4 is 41.9 Å². The Morgan fingerprint density at radius 1 is 1.22 bits per heavy atom. The van der Waals surface area contributed by atoms with Crippen LogP contribution in [0.15, 0.2) is 42.9 Å². The highest BCUT2D eigenvalue weighted by Gasteiger charge is 2.55. The zero-order chi connectivity index (χ0) is 32.6. The Morgan fingerprint density at radius 3 is 2.71 bits per heavy atom. The number of nitrogens with one attached hydrogen (secondary N) is 2. The average molecular weight is 638 g/mol. The smallest absolute Gasteiger partial charge is 0.444 e. The molecule has 2 aliphatic rings. The highest BCUT2D eigenvalue weighted by Crippen LogP contribution is 2.43. The first-order valence-electron chi connectivity index (χ1n) is 15.5. The van der Waals surface area contributed by atoms with E-state index in [0.717, 1.165) is 48.1 Å². The van der Waals surface area contributed by atoms with Gasteiger partial charge in [0.2, 0.25) is 5.95 Å². The standard InChI is InChI=1S/C32H45BClN7O4/c1-21-15-23(10-9-22(21)18-36-29(42)43-30(2,3)4)33-44-31(5,6)32(7,45-33)17-26-16-25(12-14-40(26)8)41-20-24(19-37-41)38-28-35-13-11-27(34)39-28/h9-11,13,15,19-20,25-26H,12,14,16-18H2,1-8H3,(H,36,42)(H,35,38,39). The molecule has 3 atom stereocenters. The first-order chi connectivity index (χ1) is 21.1. The summed E-state index contributed by atoms with van der Waals surface area (Å²) in [4.78, 5) is 23.0. The predicted octanol–water partition coefficient (Wildman–Crippen LogP) is 5.41. The summed E-state index contributed by atoms with van der Waals surface area (Å²) in [5.41, 5.74) is 2.25. The van der Waals surface area contributed by atoms with Gasteiger partial charge in [0.1, 0.15) is 10.8 Å². The van der Waals surface area contributed by atoms with E-state index in [1.54, 1.807) is 18.5 Å². The fourth-order valence-corrected chi connectivity index (χ4v) is 6.11. The molecule has 2 N–H and O–H groups in total. The molecular weight excluding hydrogens is 593 g/mol. The summed E-state index contributed by atoms with van der Waals surface area (Å²) in [6.45, 7) is 15.3. The molecule has 0 bridgehead atoms. The number of hydrogen-bond acceptors (Lipinski definition) is 9. The number of alkyl carbamates (subject to hydrolysis) is 1. The van der Waals surface area contributed by atoms with Gasteiger partial charge in [-0.1, -0.05) is 29.8 Å². The number of hydrogen-bond donors (Lipinski definition) is 2. The highest BCUT2D eigenvalue weighted by molar-refractivity contribution is 6.62. The van der Waals surface area contributed by atoms with Crippen molar-refractivity contribution in [3.8, 4) is 0 Å². The van der Waals surface area contributed by atoms with Crippen molar-refractivity contribution in [2.24, 2.45) is 0 Å². The van der Waals surface area contributed by atoms with E-state index in [4.69, 9.17) is 25.6 Å². The molecule has 13 heteroatoms. The number of rotatable bonds is 8. The van der Waals surface area contributed by atoms with Crippen LogP contribution in [0.2, 0.25) is 5.15 Å². The molecule has 1 amide bonds. The summed E-state index contributed by atoms with van der Waals surface area (Å²) in [6, 6.07) is 8.28. The van der Waals surface area contributed by atoms with Crippen molar-refractivity contribution < 1.29 is 18.8 Å². The van der Waals surface area contributed by atoms with Crippen LogP contribution in [0.3, 0.4) is 0 Å². The van der Waals surface area contributed by atoms with Gasteiger partial charge < -0.3 is 29.6 Å². The lowest BCUT2D eigenvalue weighted by molar-refractivity contribution is -0.0401. The van der Waals surface area contributed by atoms with Crippen LogP contribution in [0.25, 0.3) is 0 Å². The van der Waals surface area contributed by atoms with E-state index in [9.17, 15) is 4.79 Å². The summed E-state index contributed by atoms with van der Waals surface area (Å²) >= 11 is 6.01. The summed E-state index contributed by atoms with van der Waals surface area (Å²) in [7, 11) is 1.69. The normalized spacial score (nSPS) is 23.6. The van der Waals surface area contributed by atoms with Gasteiger partial charge in [-0.05, 0) is 97.4 Å². The molecule has 3 unspecified atom stereocenters. The number of carbonyl (C=O) groups excluding carboxylic acids is 1. The van der Waals surface area contributed by atoms with E-state index in [0.29, 0.717) is 17.6 Å². The van der Waals surface area contributed by atoms with Crippen LogP contribution in [-0.4, -0.2) is 74.3 Å². The van der Waals surface area contributed by atoms with Crippen molar-refractivity contribution in [2.75, 3.05) is 18.9 Å². The molecular formula is C32H45BClN7O4. The maximum absolute atomic E-state index is 12.1. The Balaban J connectivity index is 1.22. The largest absolute Gasteiger partial charge is 0.494 e. The minimum absolute atomic E-state index is 0.247. The molecule has 1 aromatic carbocycles. The monoisotopic (exact) mass is 637 g/mol. The lowest BCUT2D eigenvalue weighted by atomic mass is 9.77. The second-order valence-corrected chi connectivity index (χ2v) is 14.3. The molecule has 3 aromatic rings. The van der Waals surface area contributed by atoms with Crippen LogP contribution in [0.1, 0.15) is 78.0 Å². The van der Waals surface area contributed by atoms with Crippen molar-refractivity contribution in [1.82, 2.24) is 30.0 Å². The zero-order valence-electron chi connectivity index (χ0n) is 27.6. The summed E-state index contributed by atoms with van der Waals surface area (Å²) < 4.78 is 20.8. The molecule has 2 saturated heterocycles. The van der Waals surface area contributed by atoms with Crippen LogP contribution in [0.5, 0.6) is 0 Å². The van der Waals surface area contributed by atoms with Crippen LogP contribution in [0, 0.1) is 6.92 Å². The van der Waals surface area contributed by atoms with E-state index in [-0.39, 0.29) is 12.1 Å². The lowest BCUT2D eigenvalue weighted by Crippen LogP contribution is -2.51. The summed E-state index contributed by atoms with van der Waals surface area (Å²) in [5, 5.41) is 11.1. The van der Waals surface area contributed by atoms with Crippen molar-refractivity contribution in [3.63, 3.8) is 0 Å². The van der Waals surface area contributed by atoms with E-state index in [1.165, 1.54) is 0 Å². The number of anilines is 2. The third-order valence-corrected chi connectivity index (χ3v) is 9.17. The van der Waals surface area contributed by atoms with E-state index >= 15 is 0 Å². The number of carbonyl (C=O) groups is 1. The number of nitrogens with zero attached hydrogens (tertiary/aromatic N) is 5. The fraction of sp³-hybridized carbons (Fsp3) is 0.562. The molecule has 2 aliphatic heterocycles. The first-order valence-corrected chi connectivity index (χ1v) is 15.9. The maximum Gasteiger partial charge on any atom is 0.494 e. The van der Waals surface area contributed by atoms with Gasteiger partial charge in [0.05, 0.1) is 29.1 Å². The number of aromatic nitrogens is 4. The summed E-state index contributed by atoms with van der Waals surface area (Å²) in [6.07, 6.45) is 7.72.